The summed E-state index contributed by atoms with van der Waals surface area (Å²) in [6, 6.07) is 1.97. The Bertz CT molecular complexity index is 1070. The van der Waals surface area contributed by atoms with Crippen molar-refractivity contribution in [3.8, 4) is 0 Å². The first-order valence-electron chi connectivity index (χ1n) is 11.4. The molecule has 2 aromatic heterocycles. The molecular formula is C25H32N2O3S. The standard InChI is InChI=1S/C25H32N2O3S/c1-14-12-15(2)26-24(29)20(14)13-27-11-5-6-21-22(25(27)30)17(4)23(31-21)16(3)18-7-9-19(28)10-8-18/h12,16,18H,5-11,13H2,1-4H3,(H,26,29). The van der Waals surface area contributed by atoms with E-state index in [-0.39, 0.29) is 11.5 Å². The highest BCUT2D eigenvalue weighted by molar-refractivity contribution is 7.12. The van der Waals surface area contributed by atoms with Crippen LogP contribution >= 0.6 is 11.3 Å². The number of hydrogen-bond acceptors (Lipinski definition) is 4. The molecule has 0 spiro atoms. The molecule has 0 radical (unpaired) electrons. The zero-order chi connectivity index (χ0) is 22.3. The summed E-state index contributed by atoms with van der Waals surface area (Å²) in [5, 5.41) is 0. The number of Topliss-reactive ketones (excluding diaryl/α,β-unsaturated/α-hetero) is 1. The van der Waals surface area contributed by atoms with Gasteiger partial charge in [0.15, 0.2) is 0 Å². The number of rotatable bonds is 4. The van der Waals surface area contributed by atoms with Gasteiger partial charge in [0.2, 0.25) is 0 Å². The summed E-state index contributed by atoms with van der Waals surface area (Å²) in [4.78, 5) is 45.0. The van der Waals surface area contributed by atoms with E-state index >= 15 is 0 Å². The maximum atomic E-state index is 13.6. The Kier molecular flexibility index (Phi) is 6.20. The molecule has 1 fully saturated rings. The molecule has 2 aromatic rings. The van der Waals surface area contributed by atoms with Crippen LogP contribution in [0.4, 0.5) is 0 Å². The zero-order valence-electron chi connectivity index (χ0n) is 19.0. The van der Waals surface area contributed by atoms with Crippen LogP contribution in [0.1, 0.15) is 87.4 Å². The van der Waals surface area contributed by atoms with E-state index in [0.717, 1.165) is 48.1 Å². The van der Waals surface area contributed by atoms with Crippen molar-refractivity contribution in [2.45, 2.75) is 78.7 Å². The van der Waals surface area contributed by atoms with Gasteiger partial charge in [-0.2, -0.15) is 0 Å². The highest BCUT2D eigenvalue weighted by Gasteiger charge is 2.32. The minimum atomic E-state index is -0.0991. The normalized spacial score (nSPS) is 18.8. The Hall–Kier alpha value is -2.21. The van der Waals surface area contributed by atoms with Gasteiger partial charge in [0, 0.05) is 40.4 Å². The molecule has 0 saturated heterocycles. The number of fused-ring (bicyclic) bond motifs is 1. The summed E-state index contributed by atoms with van der Waals surface area (Å²) in [6.07, 6.45) is 5.11. The number of pyridine rings is 1. The van der Waals surface area contributed by atoms with Crippen LogP contribution in [0.5, 0.6) is 0 Å². The minimum Gasteiger partial charge on any atom is -0.334 e. The Morgan fingerprint density at radius 2 is 1.84 bits per heavy atom. The molecule has 4 rings (SSSR count). The Labute approximate surface area is 187 Å². The number of amides is 1. The van der Waals surface area contributed by atoms with Crippen LogP contribution in [0, 0.1) is 26.7 Å². The molecule has 3 heterocycles. The van der Waals surface area contributed by atoms with Gasteiger partial charge in [0.1, 0.15) is 5.78 Å². The van der Waals surface area contributed by atoms with Crippen LogP contribution in [0.2, 0.25) is 0 Å². The molecule has 1 amide bonds. The smallest absolute Gasteiger partial charge is 0.255 e. The van der Waals surface area contributed by atoms with Crippen LogP contribution in [-0.2, 0) is 17.8 Å². The van der Waals surface area contributed by atoms with E-state index < -0.39 is 0 Å². The van der Waals surface area contributed by atoms with Crippen molar-refractivity contribution < 1.29 is 9.59 Å². The Balaban J connectivity index is 1.61. The number of nitrogens with one attached hydrogen (secondary N) is 1. The van der Waals surface area contributed by atoms with E-state index in [4.69, 9.17) is 0 Å². The number of aromatic amines is 1. The average molecular weight is 441 g/mol. The van der Waals surface area contributed by atoms with Crippen LogP contribution < -0.4 is 5.56 Å². The fourth-order valence-corrected chi connectivity index (χ4v) is 6.76. The maximum Gasteiger partial charge on any atom is 0.255 e. The van der Waals surface area contributed by atoms with Gasteiger partial charge in [-0.25, -0.2) is 0 Å². The summed E-state index contributed by atoms with van der Waals surface area (Å²) < 4.78 is 0. The molecule has 1 saturated carbocycles. The van der Waals surface area contributed by atoms with Crippen molar-refractivity contribution in [3.05, 3.63) is 54.1 Å². The Morgan fingerprint density at radius 3 is 2.52 bits per heavy atom. The highest BCUT2D eigenvalue weighted by atomic mass is 32.1. The summed E-state index contributed by atoms with van der Waals surface area (Å²) in [5.74, 6) is 1.32. The zero-order valence-corrected chi connectivity index (χ0v) is 19.8. The molecular weight excluding hydrogens is 408 g/mol. The number of ketones is 1. The fraction of sp³-hybridized carbons (Fsp3) is 0.560. The van der Waals surface area contributed by atoms with Gasteiger partial charge in [-0.1, -0.05) is 6.92 Å². The van der Waals surface area contributed by atoms with Crippen molar-refractivity contribution >= 4 is 23.0 Å². The maximum absolute atomic E-state index is 13.6. The fourth-order valence-electron chi connectivity index (χ4n) is 5.27. The van der Waals surface area contributed by atoms with Gasteiger partial charge < -0.3 is 9.88 Å². The predicted octanol–water partition coefficient (Wildman–Crippen LogP) is 4.81. The van der Waals surface area contributed by atoms with E-state index in [1.54, 1.807) is 11.3 Å². The van der Waals surface area contributed by atoms with Crippen LogP contribution in [0.3, 0.4) is 0 Å². The van der Waals surface area contributed by atoms with Crippen molar-refractivity contribution in [3.63, 3.8) is 0 Å². The van der Waals surface area contributed by atoms with E-state index in [2.05, 4.69) is 18.8 Å². The lowest BCUT2D eigenvalue weighted by Crippen LogP contribution is -2.33. The molecule has 6 heteroatoms. The number of carbonyl (C=O) groups excluding carboxylic acids is 2. The third-order valence-corrected chi connectivity index (χ3v) is 8.69. The molecule has 0 bridgehead atoms. The lowest BCUT2D eigenvalue weighted by atomic mass is 9.79. The van der Waals surface area contributed by atoms with Gasteiger partial charge >= 0.3 is 0 Å². The monoisotopic (exact) mass is 440 g/mol. The van der Waals surface area contributed by atoms with Gasteiger partial charge in [0.25, 0.3) is 11.5 Å². The average Bonchev–Trinajstić information content (AvgIpc) is 2.95. The molecule has 5 nitrogen and oxygen atoms in total. The topological polar surface area (TPSA) is 70.2 Å². The summed E-state index contributed by atoms with van der Waals surface area (Å²) in [7, 11) is 0. The first-order chi connectivity index (χ1) is 14.8. The van der Waals surface area contributed by atoms with Crippen molar-refractivity contribution in [1.29, 1.82) is 0 Å². The van der Waals surface area contributed by atoms with Gasteiger partial charge in [0.05, 0.1) is 12.1 Å². The summed E-state index contributed by atoms with van der Waals surface area (Å²) in [6.45, 7) is 9.18. The highest BCUT2D eigenvalue weighted by Crippen LogP contribution is 2.42. The van der Waals surface area contributed by atoms with Crippen LogP contribution in [0.25, 0.3) is 0 Å². The molecule has 31 heavy (non-hydrogen) atoms. The Morgan fingerprint density at radius 1 is 1.13 bits per heavy atom. The second-order valence-corrected chi connectivity index (χ2v) is 10.5. The number of aryl methyl sites for hydroxylation is 3. The summed E-state index contributed by atoms with van der Waals surface area (Å²) >= 11 is 1.80. The van der Waals surface area contributed by atoms with Crippen molar-refractivity contribution in [2.75, 3.05) is 6.54 Å². The molecule has 1 aliphatic heterocycles. The molecule has 1 aliphatic carbocycles. The van der Waals surface area contributed by atoms with E-state index in [1.165, 1.54) is 9.75 Å². The first kappa shape index (κ1) is 22.0. The number of H-pyrrole nitrogens is 1. The first-order valence-corrected chi connectivity index (χ1v) is 12.2. The lowest BCUT2D eigenvalue weighted by molar-refractivity contribution is -0.121. The SMILES string of the molecule is Cc1cc(C)c(CN2CCCc3sc(C(C)C4CCC(=O)CC4)c(C)c3C2=O)c(=O)[nH]1. The van der Waals surface area contributed by atoms with E-state index in [1.807, 2.05) is 24.8 Å². The largest absolute Gasteiger partial charge is 0.334 e. The number of carbonyl (C=O) groups is 2. The molecule has 0 aromatic carbocycles. The third kappa shape index (κ3) is 4.27. The lowest BCUT2D eigenvalue weighted by Gasteiger charge is -2.27. The quantitative estimate of drug-likeness (QED) is 0.741. The van der Waals surface area contributed by atoms with Crippen LogP contribution in [0.15, 0.2) is 10.9 Å². The second kappa shape index (κ2) is 8.73. The van der Waals surface area contributed by atoms with Crippen molar-refractivity contribution in [2.24, 2.45) is 5.92 Å². The van der Waals surface area contributed by atoms with Gasteiger partial charge in [-0.05, 0) is 75.5 Å². The van der Waals surface area contributed by atoms with Gasteiger partial charge in [-0.15, -0.1) is 11.3 Å². The molecule has 2 aliphatic rings. The molecule has 1 unspecified atom stereocenters. The minimum absolute atomic E-state index is 0.0536. The predicted molar refractivity (Wildman–Crippen MR) is 124 cm³/mol. The number of nitrogens with zero attached hydrogens (tertiary/aromatic N) is 1. The third-order valence-electron chi connectivity index (χ3n) is 7.14. The molecule has 166 valence electrons. The molecule has 1 N–H and O–H groups in total. The number of thiophene rings is 1. The number of aromatic nitrogens is 1. The van der Waals surface area contributed by atoms with Crippen molar-refractivity contribution in [1.82, 2.24) is 9.88 Å². The molecule has 1 atom stereocenters. The van der Waals surface area contributed by atoms with E-state index in [0.29, 0.717) is 49.1 Å². The second-order valence-electron chi connectivity index (χ2n) is 9.33. The van der Waals surface area contributed by atoms with E-state index in [9.17, 15) is 14.4 Å². The summed E-state index contributed by atoms with van der Waals surface area (Å²) in [5.41, 5.74) is 4.32. The van der Waals surface area contributed by atoms with Gasteiger partial charge in [-0.3, -0.25) is 14.4 Å². The van der Waals surface area contributed by atoms with Crippen LogP contribution in [-0.4, -0.2) is 28.1 Å². The number of hydrogen-bond donors (Lipinski definition) is 1.